The zero-order chi connectivity index (χ0) is 8.53. The molecular formula is C9H12O2. The first kappa shape index (κ1) is 9.85. The summed E-state index contributed by atoms with van der Waals surface area (Å²) in [6.45, 7) is 2.24. The molecule has 0 heterocycles. The van der Waals surface area contributed by atoms with Crippen molar-refractivity contribution in [3.8, 4) is 0 Å². The average molecular weight is 152 g/mol. The van der Waals surface area contributed by atoms with E-state index in [0.29, 0.717) is 0 Å². The van der Waals surface area contributed by atoms with E-state index in [4.69, 9.17) is 9.90 Å². The van der Waals surface area contributed by atoms with Gasteiger partial charge in [0.15, 0.2) is 0 Å². The molecule has 2 heteroatoms. The second-order valence-corrected chi connectivity index (χ2v) is 1.96. The van der Waals surface area contributed by atoms with Gasteiger partial charge in [-0.25, -0.2) is 0 Å². The minimum Gasteiger partial charge on any atom is -0.396 e. The smallest absolute Gasteiger partial charge is 0.106 e. The van der Waals surface area contributed by atoms with E-state index in [1.807, 2.05) is 37.1 Å². The fourth-order valence-corrected chi connectivity index (χ4v) is 0.774. The standard InChI is InChI=1S/C8H10O.CH2O/c9-7-6-8-4-2-1-3-5-8;1-2/h1-5,9H,6-7H2;1H2. The number of rotatable bonds is 2. The van der Waals surface area contributed by atoms with Crippen LogP contribution in [0.3, 0.4) is 0 Å². The van der Waals surface area contributed by atoms with Gasteiger partial charge in [0.1, 0.15) is 6.79 Å². The second-order valence-electron chi connectivity index (χ2n) is 1.96. The van der Waals surface area contributed by atoms with E-state index in [0.717, 1.165) is 6.42 Å². The van der Waals surface area contributed by atoms with Crippen LogP contribution in [0.25, 0.3) is 0 Å². The number of hydrogen-bond donors (Lipinski definition) is 1. The molecule has 2 nitrogen and oxygen atoms in total. The van der Waals surface area contributed by atoms with Crippen LogP contribution >= 0.6 is 0 Å². The highest BCUT2D eigenvalue weighted by Crippen LogP contribution is 1.97. The van der Waals surface area contributed by atoms with E-state index in [2.05, 4.69) is 0 Å². The molecule has 0 spiro atoms. The number of aliphatic hydroxyl groups is 1. The second kappa shape index (κ2) is 6.96. The third-order valence-corrected chi connectivity index (χ3v) is 1.24. The van der Waals surface area contributed by atoms with Gasteiger partial charge in [-0.3, -0.25) is 0 Å². The lowest BCUT2D eigenvalue weighted by atomic mass is 10.2. The van der Waals surface area contributed by atoms with Crippen molar-refractivity contribution in [3.05, 3.63) is 35.9 Å². The van der Waals surface area contributed by atoms with Crippen molar-refractivity contribution >= 4 is 6.79 Å². The number of hydrogen-bond acceptors (Lipinski definition) is 2. The predicted molar refractivity (Wildman–Crippen MR) is 44.4 cm³/mol. The summed E-state index contributed by atoms with van der Waals surface area (Å²) in [5.41, 5.74) is 1.19. The largest absolute Gasteiger partial charge is 0.396 e. The summed E-state index contributed by atoms with van der Waals surface area (Å²) in [4.78, 5) is 8.00. The Morgan fingerprint density at radius 2 is 1.73 bits per heavy atom. The van der Waals surface area contributed by atoms with Gasteiger partial charge in [0.25, 0.3) is 0 Å². The first-order valence-electron chi connectivity index (χ1n) is 3.37. The molecule has 1 aromatic rings. The van der Waals surface area contributed by atoms with Crippen LogP contribution in [0, 0.1) is 0 Å². The van der Waals surface area contributed by atoms with Gasteiger partial charge in [0.2, 0.25) is 0 Å². The van der Waals surface area contributed by atoms with Crippen LogP contribution in [0.5, 0.6) is 0 Å². The molecule has 0 unspecified atom stereocenters. The van der Waals surface area contributed by atoms with Crippen LogP contribution in [0.15, 0.2) is 30.3 Å². The summed E-state index contributed by atoms with van der Waals surface area (Å²) in [6, 6.07) is 9.95. The van der Waals surface area contributed by atoms with Gasteiger partial charge in [0.05, 0.1) is 0 Å². The summed E-state index contributed by atoms with van der Waals surface area (Å²) in [6.07, 6.45) is 0.765. The summed E-state index contributed by atoms with van der Waals surface area (Å²) in [7, 11) is 0. The Balaban J connectivity index is 0.000000461. The summed E-state index contributed by atoms with van der Waals surface area (Å²) < 4.78 is 0. The lowest BCUT2D eigenvalue weighted by Gasteiger charge is -1.93. The highest BCUT2D eigenvalue weighted by molar-refractivity contribution is 5.14. The topological polar surface area (TPSA) is 37.3 Å². The van der Waals surface area contributed by atoms with E-state index < -0.39 is 0 Å². The van der Waals surface area contributed by atoms with Gasteiger partial charge >= 0.3 is 0 Å². The van der Waals surface area contributed by atoms with Gasteiger partial charge in [0, 0.05) is 6.61 Å². The van der Waals surface area contributed by atoms with Gasteiger partial charge in [-0.05, 0) is 12.0 Å². The van der Waals surface area contributed by atoms with Gasteiger partial charge in [-0.2, -0.15) is 0 Å². The van der Waals surface area contributed by atoms with E-state index in [1.54, 1.807) is 0 Å². The number of benzene rings is 1. The Morgan fingerprint density at radius 1 is 1.18 bits per heavy atom. The molecule has 0 saturated heterocycles. The summed E-state index contributed by atoms with van der Waals surface area (Å²) in [5, 5.41) is 8.52. The Labute approximate surface area is 66.5 Å². The highest BCUT2D eigenvalue weighted by atomic mass is 16.2. The van der Waals surface area contributed by atoms with Crippen LogP contribution in [-0.2, 0) is 11.2 Å². The molecule has 1 N–H and O–H groups in total. The maximum Gasteiger partial charge on any atom is 0.106 e. The van der Waals surface area contributed by atoms with Crippen molar-refractivity contribution in [1.29, 1.82) is 0 Å². The molecule has 0 radical (unpaired) electrons. The van der Waals surface area contributed by atoms with Crippen LogP contribution in [0.1, 0.15) is 5.56 Å². The van der Waals surface area contributed by atoms with Crippen LogP contribution in [-0.4, -0.2) is 18.5 Å². The predicted octanol–water partition coefficient (Wildman–Crippen LogP) is 1.04. The monoisotopic (exact) mass is 152 g/mol. The van der Waals surface area contributed by atoms with Crippen LogP contribution in [0.4, 0.5) is 0 Å². The molecule has 0 aliphatic carbocycles. The lowest BCUT2D eigenvalue weighted by Crippen LogP contribution is -1.88. The first-order valence-corrected chi connectivity index (χ1v) is 3.37. The molecule has 0 bridgehead atoms. The molecule has 0 aliphatic rings. The first-order chi connectivity index (χ1) is 5.43. The molecule has 0 aliphatic heterocycles. The summed E-state index contributed by atoms with van der Waals surface area (Å²) >= 11 is 0. The fourth-order valence-electron chi connectivity index (χ4n) is 0.774. The quantitative estimate of drug-likeness (QED) is 0.687. The highest BCUT2D eigenvalue weighted by Gasteiger charge is 1.85. The SMILES string of the molecule is C=O.OCCc1ccccc1. The zero-order valence-corrected chi connectivity index (χ0v) is 6.36. The zero-order valence-electron chi connectivity index (χ0n) is 6.36. The minimum atomic E-state index is 0.240. The van der Waals surface area contributed by atoms with Crippen molar-refractivity contribution in [3.63, 3.8) is 0 Å². The van der Waals surface area contributed by atoms with Crippen LogP contribution < -0.4 is 0 Å². The molecule has 0 amide bonds. The number of carbonyl (C=O) groups is 1. The van der Waals surface area contributed by atoms with E-state index in [9.17, 15) is 0 Å². The molecule has 0 saturated carbocycles. The van der Waals surface area contributed by atoms with Crippen molar-refractivity contribution < 1.29 is 9.90 Å². The number of carbonyl (C=O) groups excluding carboxylic acids is 1. The molecule has 0 atom stereocenters. The Morgan fingerprint density at radius 3 is 2.18 bits per heavy atom. The molecule has 60 valence electrons. The van der Waals surface area contributed by atoms with Gasteiger partial charge in [-0.1, -0.05) is 30.3 Å². The van der Waals surface area contributed by atoms with Gasteiger partial charge < -0.3 is 9.90 Å². The van der Waals surface area contributed by atoms with Crippen molar-refractivity contribution in [2.24, 2.45) is 0 Å². The lowest BCUT2D eigenvalue weighted by molar-refractivity contribution is -0.0979. The molecule has 1 aromatic carbocycles. The van der Waals surface area contributed by atoms with E-state index >= 15 is 0 Å². The van der Waals surface area contributed by atoms with E-state index in [-0.39, 0.29) is 6.61 Å². The minimum absolute atomic E-state index is 0.240. The molecule has 11 heavy (non-hydrogen) atoms. The Kier molecular flexibility index (Phi) is 6.24. The van der Waals surface area contributed by atoms with E-state index in [1.165, 1.54) is 5.56 Å². The van der Waals surface area contributed by atoms with Crippen LogP contribution in [0.2, 0.25) is 0 Å². The normalized spacial score (nSPS) is 8.09. The van der Waals surface area contributed by atoms with Crippen molar-refractivity contribution in [2.45, 2.75) is 6.42 Å². The van der Waals surface area contributed by atoms with Crippen molar-refractivity contribution in [1.82, 2.24) is 0 Å². The van der Waals surface area contributed by atoms with Crippen molar-refractivity contribution in [2.75, 3.05) is 6.61 Å². The fraction of sp³-hybridized carbons (Fsp3) is 0.222. The molecule has 0 fully saturated rings. The van der Waals surface area contributed by atoms with Gasteiger partial charge in [-0.15, -0.1) is 0 Å². The number of aliphatic hydroxyl groups excluding tert-OH is 1. The average Bonchev–Trinajstić information content (AvgIpc) is 2.11. The molecular weight excluding hydrogens is 140 g/mol. The summed E-state index contributed by atoms with van der Waals surface area (Å²) in [5.74, 6) is 0. The Hall–Kier alpha value is -1.15. The maximum absolute atomic E-state index is 8.52. The maximum atomic E-state index is 8.52. The molecule has 0 aromatic heterocycles. The third kappa shape index (κ3) is 4.28. The Bertz CT molecular complexity index is 172. The third-order valence-electron chi connectivity index (χ3n) is 1.24. The molecule has 1 rings (SSSR count).